The number of pyridine rings is 1. The highest BCUT2D eigenvalue weighted by molar-refractivity contribution is 6.16. The lowest BCUT2D eigenvalue weighted by Gasteiger charge is -2.32. The maximum atomic E-state index is 6.09. The molecule has 1 unspecified atom stereocenters. The van der Waals surface area contributed by atoms with Gasteiger partial charge in [-0.2, -0.15) is 0 Å². The number of nitrogens with zero attached hydrogens (tertiary/aromatic N) is 5. The molecule has 2 aromatic heterocycles. The van der Waals surface area contributed by atoms with E-state index < -0.39 is 6.17 Å². The van der Waals surface area contributed by atoms with Crippen molar-refractivity contribution in [3.63, 3.8) is 0 Å². The number of para-hydroxylation sites is 1. The number of hydrogen-bond acceptors (Lipinski definition) is 9. The zero-order valence-corrected chi connectivity index (χ0v) is 21.2. The predicted molar refractivity (Wildman–Crippen MR) is 148 cm³/mol. The first kappa shape index (κ1) is 23.9. The number of ether oxygens (including phenoxy) is 1. The van der Waals surface area contributed by atoms with Crippen molar-refractivity contribution in [1.29, 1.82) is 0 Å². The fourth-order valence-electron chi connectivity index (χ4n) is 4.89. The van der Waals surface area contributed by atoms with Crippen LogP contribution in [0.2, 0.25) is 0 Å². The average Bonchev–Trinajstić information content (AvgIpc) is 3.39. The molecule has 9 nitrogen and oxygen atoms in total. The first-order chi connectivity index (χ1) is 18.7. The summed E-state index contributed by atoms with van der Waals surface area (Å²) >= 11 is 0. The van der Waals surface area contributed by atoms with Gasteiger partial charge in [-0.15, -0.1) is 5.10 Å². The zero-order valence-electron chi connectivity index (χ0n) is 21.2. The van der Waals surface area contributed by atoms with Crippen molar-refractivity contribution in [3.8, 4) is 11.5 Å². The second-order valence-corrected chi connectivity index (χ2v) is 9.30. The van der Waals surface area contributed by atoms with E-state index in [9.17, 15) is 0 Å². The number of piperidine rings is 1. The van der Waals surface area contributed by atoms with Crippen LogP contribution in [0.15, 0.2) is 94.6 Å². The molecule has 9 heteroatoms. The fourth-order valence-corrected chi connectivity index (χ4v) is 4.89. The van der Waals surface area contributed by atoms with Gasteiger partial charge in [0.1, 0.15) is 5.82 Å². The van der Waals surface area contributed by atoms with Crippen LogP contribution in [0.5, 0.6) is 0 Å². The Morgan fingerprint density at radius 1 is 0.974 bits per heavy atom. The maximum absolute atomic E-state index is 6.09. The van der Waals surface area contributed by atoms with Gasteiger partial charge in [-0.05, 0) is 31.0 Å². The molecule has 2 aliphatic heterocycles. The Labute approximate surface area is 221 Å². The Morgan fingerprint density at radius 2 is 1.74 bits per heavy atom. The first-order valence-corrected chi connectivity index (χ1v) is 12.7. The number of aromatic nitrogens is 3. The highest BCUT2D eigenvalue weighted by atomic mass is 16.5. The van der Waals surface area contributed by atoms with Gasteiger partial charge in [-0.25, -0.2) is 4.98 Å². The number of methoxy groups -OCH3 is 1. The molecule has 1 fully saturated rings. The largest absolute Gasteiger partial charge is 0.403 e. The third-order valence-electron chi connectivity index (χ3n) is 6.89. The minimum absolute atomic E-state index is 0.253. The number of fused-ring (bicyclic) bond motifs is 1. The second kappa shape index (κ2) is 10.5. The third-order valence-corrected chi connectivity index (χ3v) is 6.89. The molecule has 0 aliphatic carbocycles. The molecule has 1 atom stereocenters. The van der Waals surface area contributed by atoms with Crippen molar-refractivity contribution in [2.24, 2.45) is 4.99 Å². The highest BCUT2D eigenvalue weighted by Gasteiger charge is 2.26. The van der Waals surface area contributed by atoms with Gasteiger partial charge in [0, 0.05) is 43.2 Å². The Hall–Kier alpha value is -4.50. The lowest BCUT2D eigenvalue weighted by Crippen LogP contribution is -2.37. The van der Waals surface area contributed by atoms with Crippen molar-refractivity contribution >= 4 is 23.2 Å². The van der Waals surface area contributed by atoms with Gasteiger partial charge < -0.3 is 24.7 Å². The van der Waals surface area contributed by atoms with E-state index in [1.54, 1.807) is 13.3 Å². The quantitative estimate of drug-likeness (QED) is 0.378. The molecule has 2 N–H and O–H groups in total. The van der Waals surface area contributed by atoms with E-state index in [1.807, 2.05) is 66.7 Å². The lowest BCUT2D eigenvalue weighted by molar-refractivity contribution is 0.0818. The second-order valence-electron chi connectivity index (χ2n) is 9.30. The van der Waals surface area contributed by atoms with Gasteiger partial charge in [0.25, 0.3) is 5.89 Å². The molecular formula is C29H29N7O2. The van der Waals surface area contributed by atoms with Gasteiger partial charge in [0.05, 0.1) is 23.1 Å². The van der Waals surface area contributed by atoms with Crippen LogP contribution < -0.4 is 15.5 Å². The summed E-state index contributed by atoms with van der Waals surface area (Å²) in [6.07, 6.45) is 3.43. The van der Waals surface area contributed by atoms with Gasteiger partial charge >= 0.3 is 6.01 Å². The molecular weight excluding hydrogens is 478 g/mol. The minimum Gasteiger partial charge on any atom is -0.403 e. The van der Waals surface area contributed by atoms with Gasteiger partial charge in [-0.3, -0.25) is 4.99 Å². The molecule has 6 rings (SSSR count). The summed E-state index contributed by atoms with van der Waals surface area (Å²) in [6, 6.07) is 22.2. The number of benzene rings is 2. The normalized spacial score (nSPS) is 17.8. The first-order valence-electron chi connectivity index (χ1n) is 12.7. The van der Waals surface area contributed by atoms with E-state index in [2.05, 4.69) is 37.3 Å². The van der Waals surface area contributed by atoms with Crippen LogP contribution in [0, 0.1) is 0 Å². The van der Waals surface area contributed by atoms with Crippen molar-refractivity contribution in [1.82, 2.24) is 15.2 Å². The van der Waals surface area contributed by atoms with Crippen LogP contribution in [-0.4, -0.2) is 53.4 Å². The standard InChI is InChI=1S/C29H29N7O2/c1-19-26(32-25(20-9-4-3-5-10-20)22-11-6-7-13-24(22)31-19)33-29-35-34-28(38-29)23-12-8-16-30-27(23)36-17-14-21(37-2)15-18-36/h3-13,16,21,26,31H,1,14-15,17-18H2,2H3,(H,33,35). The Bertz CT molecular complexity index is 1460. The van der Waals surface area contributed by atoms with Crippen LogP contribution in [0.1, 0.15) is 24.0 Å². The number of benzodiazepines with no additional fused rings is 1. The van der Waals surface area contributed by atoms with Crippen molar-refractivity contribution in [3.05, 3.63) is 96.3 Å². The van der Waals surface area contributed by atoms with E-state index >= 15 is 0 Å². The van der Waals surface area contributed by atoms with Crippen molar-refractivity contribution < 1.29 is 9.15 Å². The van der Waals surface area contributed by atoms with Crippen molar-refractivity contribution in [2.45, 2.75) is 25.1 Å². The summed E-state index contributed by atoms with van der Waals surface area (Å²) in [6.45, 7) is 5.94. The topological polar surface area (TPSA) is 101 Å². The van der Waals surface area contributed by atoms with Crippen LogP contribution >= 0.6 is 0 Å². The van der Waals surface area contributed by atoms with Gasteiger partial charge in [0.2, 0.25) is 0 Å². The molecule has 4 heterocycles. The molecule has 38 heavy (non-hydrogen) atoms. The Morgan fingerprint density at radius 3 is 2.55 bits per heavy atom. The minimum atomic E-state index is -0.535. The Balaban J connectivity index is 1.28. The SMILES string of the molecule is C=C1Nc2ccccc2C(c2ccccc2)=NC1Nc1nnc(-c2cccnc2N2CCC(OC)CC2)o1. The fraction of sp³-hybridized carbons (Fsp3) is 0.241. The summed E-state index contributed by atoms with van der Waals surface area (Å²) < 4.78 is 11.6. The number of nitrogens with one attached hydrogen (secondary N) is 2. The van der Waals surface area contributed by atoms with E-state index in [1.165, 1.54) is 0 Å². The molecule has 192 valence electrons. The molecule has 0 saturated carbocycles. The van der Waals surface area contributed by atoms with E-state index in [0.29, 0.717) is 11.6 Å². The van der Waals surface area contributed by atoms with Gasteiger partial charge in [0.15, 0.2) is 6.17 Å². The molecule has 0 amide bonds. The summed E-state index contributed by atoms with van der Waals surface area (Å²) in [5.41, 5.74) is 5.25. The maximum Gasteiger partial charge on any atom is 0.317 e. The number of rotatable bonds is 6. The molecule has 4 aromatic rings. The number of hydrogen-bond donors (Lipinski definition) is 2. The van der Waals surface area contributed by atoms with Crippen LogP contribution in [0.3, 0.4) is 0 Å². The average molecular weight is 508 g/mol. The number of anilines is 3. The van der Waals surface area contributed by atoms with Crippen LogP contribution in [0.4, 0.5) is 17.5 Å². The van der Waals surface area contributed by atoms with Gasteiger partial charge in [-0.1, -0.05) is 60.2 Å². The smallest absolute Gasteiger partial charge is 0.317 e. The van der Waals surface area contributed by atoms with Crippen molar-refractivity contribution in [2.75, 3.05) is 35.7 Å². The monoisotopic (exact) mass is 507 g/mol. The number of aliphatic imine (C=N–C) groups is 1. The molecule has 1 saturated heterocycles. The van der Waals surface area contributed by atoms with E-state index in [0.717, 1.165) is 59.8 Å². The third kappa shape index (κ3) is 4.76. The summed E-state index contributed by atoms with van der Waals surface area (Å²) in [4.78, 5) is 11.9. The zero-order chi connectivity index (χ0) is 25.9. The van der Waals surface area contributed by atoms with E-state index in [4.69, 9.17) is 14.1 Å². The molecule has 0 radical (unpaired) electrons. The molecule has 0 spiro atoms. The summed E-state index contributed by atoms with van der Waals surface area (Å²) in [5.74, 6) is 1.23. The van der Waals surface area contributed by atoms with Crippen LogP contribution in [-0.2, 0) is 4.74 Å². The highest BCUT2D eigenvalue weighted by Crippen LogP contribution is 2.32. The predicted octanol–water partition coefficient (Wildman–Crippen LogP) is 4.96. The Kier molecular flexibility index (Phi) is 6.58. The summed E-state index contributed by atoms with van der Waals surface area (Å²) in [7, 11) is 1.77. The molecule has 2 aromatic carbocycles. The molecule has 0 bridgehead atoms. The van der Waals surface area contributed by atoms with E-state index in [-0.39, 0.29) is 12.1 Å². The lowest BCUT2D eigenvalue weighted by atomic mass is 10.0. The summed E-state index contributed by atoms with van der Waals surface area (Å²) in [5, 5.41) is 15.3. The van der Waals surface area contributed by atoms with Crippen LogP contribution in [0.25, 0.3) is 11.5 Å². The molecule has 2 aliphatic rings.